The number of benzene rings is 1. The quantitative estimate of drug-likeness (QED) is 0.871. The summed E-state index contributed by atoms with van der Waals surface area (Å²) in [5.74, 6) is 1.17. The van der Waals surface area contributed by atoms with E-state index in [2.05, 4.69) is 10.3 Å². The third-order valence-electron chi connectivity index (χ3n) is 3.08. The fourth-order valence-corrected chi connectivity index (χ4v) is 2.03. The largest absolute Gasteiger partial charge is 0.444 e. The zero-order chi connectivity index (χ0) is 14.5. The van der Waals surface area contributed by atoms with Gasteiger partial charge in [0.2, 0.25) is 11.8 Å². The number of nitrogens with zero attached hydrogens (tertiary/aromatic N) is 1. The van der Waals surface area contributed by atoms with Crippen molar-refractivity contribution in [2.75, 3.05) is 0 Å². The van der Waals surface area contributed by atoms with Gasteiger partial charge >= 0.3 is 0 Å². The number of nitrogens with one attached hydrogen (secondary N) is 1. The van der Waals surface area contributed by atoms with E-state index in [-0.39, 0.29) is 11.9 Å². The Hall–Kier alpha value is -2.14. The Morgan fingerprint density at radius 1 is 1.40 bits per heavy atom. The molecule has 1 amide bonds. The van der Waals surface area contributed by atoms with Crippen molar-refractivity contribution in [1.29, 1.82) is 0 Å². The van der Waals surface area contributed by atoms with Crippen molar-refractivity contribution in [3.63, 3.8) is 0 Å². The highest BCUT2D eigenvalue weighted by Crippen LogP contribution is 2.13. The summed E-state index contributed by atoms with van der Waals surface area (Å²) in [7, 11) is 0. The number of hydrogen-bond donors (Lipinski definition) is 2. The summed E-state index contributed by atoms with van der Waals surface area (Å²) < 4.78 is 5.40. The van der Waals surface area contributed by atoms with Crippen LogP contribution in [0.5, 0.6) is 0 Å². The minimum absolute atomic E-state index is 0.0748. The van der Waals surface area contributed by atoms with E-state index in [1.807, 2.05) is 38.1 Å². The number of amides is 1. The predicted octanol–water partition coefficient (Wildman–Crippen LogP) is 1.86. The van der Waals surface area contributed by atoms with Gasteiger partial charge in [-0.25, -0.2) is 4.98 Å². The molecule has 1 heterocycles. The highest BCUT2D eigenvalue weighted by Gasteiger charge is 2.15. The van der Waals surface area contributed by atoms with Gasteiger partial charge in [-0.15, -0.1) is 0 Å². The molecule has 0 aliphatic carbocycles. The van der Waals surface area contributed by atoms with E-state index in [9.17, 15) is 4.79 Å². The van der Waals surface area contributed by atoms with E-state index in [0.717, 1.165) is 16.9 Å². The molecule has 0 aliphatic heterocycles. The van der Waals surface area contributed by atoms with Gasteiger partial charge in [0.05, 0.1) is 12.6 Å². The normalized spacial score (nSPS) is 12.2. The summed E-state index contributed by atoms with van der Waals surface area (Å²) in [6.07, 6.45) is 1.94. The maximum Gasteiger partial charge on any atom is 0.225 e. The van der Waals surface area contributed by atoms with Crippen LogP contribution in [0.15, 0.2) is 34.9 Å². The summed E-state index contributed by atoms with van der Waals surface area (Å²) in [6.45, 7) is 4.10. The van der Waals surface area contributed by atoms with Gasteiger partial charge in [0, 0.05) is 6.54 Å². The third-order valence-corrected chi connectivity index (χ3v) is 3.08. The van der Waals surface area contributed by atoms with Crippen molar-refractivity contribution in [3.05, 3.63) is 53.2 Å². The molecule has 5 nitrogen and oxygen atoms in total. The van der Waals surface area contributed by atoms with Crippen LogP contribution in [0.3, 0.4) is 0 Å². The molecule has 1 atom stereocenters. The van der Waals surface area contributed by atoms with Crippen molar-refractivity contribution in [1.82, 2.24) is 10.3 Å². The number of oxazole rings is 1. The van der Waals surface area contributed by atoms with Gasteiger partial charge in [0.25, 0.3) is 0 Å². The Morgan fingerprint density at radius 2 is 2.10 bits per heavy atom. The van der Waals surface area contributed by atoms with E-state index in [4.69, 9.17) is 10.2 Å². The fraction of sp³-hybridized carbons (Fsp3) is 0.333. The molecule has 0 bridgehead atoms. The second kappa shape index (κ2) is 6.34. The number of nitrogens with two attached hydrogens (primary N) is 1. The molecule has 2 rings (SSSR count). The number of aromatic nitrogens is 1. The number of hydrogen-bond acceptors (Lipinski definition) is 4. The number of carbonyl (C=O) groups is 1. The number of carbonyl (C=O) groups excluding carboxylic acids is 1. The SMILES string of the molecule is Cc1cnc(C(C)NC(=O)Cc2ccccc2CN)o1. The molecule has 0 spiro atoms. The van der Waals surface area contributed by atoms with Gasteiger partial charge in [-0.1, -0.05) is 24.3 Å². The Kier molecular flexibility index (Phi) is 4.53. The van der Waals surface area contributed by atoms with Gasteiger partial charge in [-0.3, -0.25) is 4.79 Å². The van der Waals surface area contributed by atoms with Crippen LogP contribution in [0, 0.1) is 6.92 Å². The lowest BCUT2D eigenvalue weighted by Gasteiger charge is -2.12. The molecule has 20 heavy (non-hydrogen) atoms. The molecule has 0 fully saturated rings. The Labute approximate surface area is 118 Å². The molecule has 106 valence electrons. The molecular weight excluding hydrogens is 254 g/mol. The van der Waals surface area contributed by atoms with Crippen molar-refractivity contribution in [2.24, 2.45) is 5.73 Å². The molecular formula is C15H19N3O2. The lowest BCUT2D eigenvalue weighted by molar-refractivity contribution is -0.121. The zero-order valence-corrected chi connectivity index (χ0v) is 11.7. The van der Waals surface area contributed by atoms with Crippen LogP contribution >= 0.6 is 0 Å². The smallest absolute Gasteiger partial charge is 0.225 e. The first-order valence-corrected chi connectivity index (χ1v) is 6.58. The molecule has 1 aromatic heterocycles. The van der Waals surface area contributed by atoms with Crippen LogP contribution < -0.4 is 11.1 Å². The lowest BCUT2D eigenvalue weighted by atomic mass is 10.0. The zero-order valence-electron chi connectivity index (χ0n) is 11.7. The summed E-state index contributed by atoms with van der Waals surface area (Å²) in [5, 5.41) is 2.87. The van der Waals surface area contributed by atoms with Crippen LogP contribution in [-0.4, -0.2) is 10.9 Å². The highest BCUT2D eigenvalue weighted by molar-refractivity contribution is 5.79. The van der Waals surface area contributed by atoms with Crippen molar-refractivity contribution < 1.29 is 9.21 Å². The molecule has 5 heteroatoms. The van der Waals surface area contributed by atoms with Gasteiger partial charge in [-0.05, 0) is 25.0 Å². The van der Waals surface area contributed by atoms with Crippen molar-refractivity contribution in [2.45, 2.75) is 32.9 Å². The maximum absolute atomic E-state index is 12.0. The molecule has 2 aromatic rings. The maximum atomic E-state index is 12.0. The molecule has 1 aromatic carbocycles. The molecule has 0 radical (unpaired) electrons. The number of aryl methyl sites for hydroxylation is 1. The van der Waals surface area contributed by atoms with Gasteiger partial charge < -0.3 is 15.5 Å². The van der Waals surface area contributed by atoms with Gasteiger partial charge in [-0.2, -0.15) is 0 Å². The van der Waals surface area contributed by atoms with E-state index < -0.39 is 0 Å². The van der Waals surface area contributed by atoms with Crippen LogP contribution in [0.4, 0.5) is 0 Å². The summed E-state index contributed by atoms with van der Waals surface area (Å²) in [6, 6.07) is 7.43. The van der Waals surface area contributed by atoms with Gasteiger partial charge in [0.15, 0.2) is 0 Å². The first-order chi connectivity index (χ1) is 9.60. The predicted molar refractivity (Wildman–Crippen MR) is 75.8 cm³/mol. The Balaban J connectivity index is 1.98. The van der Waals surface area contributed by atoms with Crippen LogP contribution in [0.1, 0.15) is 35.7 Å². The standard InChI is InChI=1S/C15H19N3O2/c1-10-9-17-15(20-10)11(2)18-14(19)7-12-5-3-4-6-13(12)8-16/h3-6,9,11H,7-8,16H2,1-2H3,(H,18,19). The molecule has 1 unspecified atom stereocenters. The monoisotopic (exact) mass is 273 g/mol. The topological polar surface area (TPSA) is 81.2 Å². The van der Waals surface area contributed by atoms with E-state index in [1.54, 1.807) is 6.20 Å². The molecule has 0 saturated carbocycles. The molecule has 3 N–H and O–H groups in total. The second-order valence-corrected chi connectivity index (χ2v) is 4.75. The Bertz CT molecular complexity index is 592. The molecule has 0 aliphatic rings. The van der Waals surface area contributed by atoms with Crippen LogP contribution in [-0.2, 0) is 17.8 Å². The minimum atomic E-state index is -0.249. The van der Waals surface area contributed by atoms with Crippen molar-refractivity contribution >= 4 is 5.91 Å². The van der Waals surface area contributed by atoms with Gasteiger partial charge in [0.1, 0.15) is 11.8 Å². The average Bonchev–Trinajstić information content (AvgIpc) is 2.86. The molecule has 0 saturated heterocycles. The first kappa shape index (κ1) is 14.3. The second-order valence-electron chi connectivity index (χ2n) is 4.75. The third kappa shape index (κ3) is 3.45. The van der Waals surface area contributed by atoms with Crippen molar-refractivity contribution in [3.8, 4) is 0 Å². The van der Waals surface area contributed by atoms with E-state index in [0.29, 0.717) is 18.9 Å². The summed E-state index contributed by atoms with van der Waals surface area (Å²) in [4.78, 5) is 16.2. The lowest BCUT2D eigenvalue weighted by Crippen LogP contribution is -2.28. The first-order valence-electron chi connectivity index (χ1n) is 6.58. The van der Waals surface area contributed by atoms with E-state index in [1.165, 1.54) is 0 Å². The van der Waals surface area contributed by atoms with Crippen LogP contribution in [0.2, 0.25) is 0 Å². The average molecular weight is 273 g/mol. The number of rotatable bonds is 5. The summed E-state index contributed by atoms with van der Waals surface area (Å²) >= 11 is 0. The van der Waals surface area contributed by atoms with E-state index >= 15 is 0 Å². The fourth-order valence-electron chi connectivity index (χ4n) is 2.03. The Morgan fingerprint density at radius 3 is 2.70 bits per heavy atom. The summed E-state index contributed by atoms with van der Waals surface area (Å²) in [5.41, 5.74) is 7.60. The van der Waals surface area contributed by atoms with Crippen LogP contribution in [0.25, 0.3) is 0 Å². The minimum Gasteiger partial charge on any atom is -0.444 e. The highest BCUT2D eigenvalue weighted by atomic mass is 16.4.